The minimum Gasteiger partial charge on any atom is -0.382 e. The summed E-state index contributed by atoms with van der Waals surface area (Å²) in [5.74, 6) is 5.07. The maximum Gasteiger partial charge on any atom is 0.238 e. The third kappa shape index (κ3) is 4.76. The Morgan fingerprint density at radius 2 is 1.86 bits per heavy atom. The number of nitrogens with two attached hydrogens (primary N) is 3. The highest BCUT2D eigenvalue weighted by Crippen LogP contribution is 2.28. The first-order valence-electron chi connectivity index (χ1n) is 8.17. The van der Waals surface area contributed by atoms with Crippen LogP contribution in [0.5, 0.6) is 0 Å². The van der Waals surface area contributed by atoms with Crippen LogP contribution >= 0.6 is 0 Å². The zero-order valence-corrected chi connectivity index (χ0v) is 16.0. The third-order valence-corrected chi connectivity index (χ3v) is 5.09. The number of benzene rings is 2. The van der Waals surface area contributed by atoms with Crippen LogP contribution in [0, 0.1) is 10.9 Å². The molecule has 0 aromatic heterocycles. The molecule has 2 rings (SSSR count). The van der Waals surface area contributed by atoms with Crippen LogP contribution < -0.4 is 22.0 Å². The van der Waals surface area contributed by atoms with E-state index in [1.165, 1.54) is 6.07 Å². The van der Waals surface area contributed by atoms with Crippen molar-refractivity contribution in [2.75, 3.05) is 0 Å². The number of primary sulfonamides is 1. The molecule has 0 fully saturated rings. The van der Waals surface area contributed by atoms with Gasteiger partial charge >= 0.3 is 0 Å². The molecule has 0 saturated heterocycles. The van der Waals surface area contributed by atoms with E-state index in [0.29, 0.717) is 17.7 Å². The Hall–Kier alpha value is -3.15. The van der Waals surface area contributed by atoms with Gasteiger partial charge in [-0.2, -0.15) is 5.10 Å². The van der Waals surface area contributed by atoms with Gasteiger partial charge in [-0.3, -0.25) is 5.41 Å². The van der Waals surface area contributed by atoms with E-state index in [9.17, 15) is 8.42 Å². The van der Waals surface area contributed by atoms with Gasteiger partial charge in [0.25, 0.3) is 0 Å². The molecule has 11 heteroatoms. The molecule has 9 N–H and O–H groups in total. The van der Waals surface area contributed by atoms with E-state index in [4.69, 9.17) is 27.7 Å². The van der Waals surface area contributed by atoms with Crippen molar-refractivity contribution in [1.82, 2.24) is 5.32 Å². The minimum atomic E-state index is -4.03. The number of nitrogens with one attached hydrogen (secondary N) is 3. The number of hydrogen-bond donors (Lipinski definition) is 6. The lowest BCUT2D eigenvalue weighted by atomic mass is 9.98. The predicted octanol–water partition coefficient (Wildman–Crippen LogP) is 1.07. The number of nitrogens with zero attached hydrogens (tertiary/aromatic N) is 2. The second-order valence-electron chi connectivity index (χ2n) is 6.03. The van der Waals surface area contributed by atoms with Gasteiger partial charge in [-0.15, -0.1) is 5.11 Å². The Kier molecular flexibility index (Phi) is 6.57. The first-order valence-corrected chi connectivity index (χ1v) is 9.71. The van der Waals surface area contributed by atoms with Gasteiger partial charge in [-0.1, -0.05) is 36.4 Å². The van der Waals surface area contributed by atoms with Gasteiger partial charge in [-0.05, 0) is 29.7 Å². The quantitative estimate of drug-likeness (QED) is 0.132. The number of hydrazone groups is 1. The van der Waals surface area contributed by atoms with Crippen LogP contribution in [0.1, 0.15) is 18.1 Å². The van der Waals surface area contributed by atoms with Crippen molar-refractivity contribution >= 4 is 21.7 Å². The van der Waals surface area contributed by atoms with Crippen LogP contribution in [-0.4, -0.2) is 26.1 Å². The Morgan fingerprint density at radius 3 is 2.39 bits per heavy atom. The summed E-state index contributed by atoms with van der Waals surface area (Å²) in [6.07, 6.45) is 0. The molecule has 0 radical (unpaired) electrons. The summed E-state index contributed by atoms with van der Waals surface area (Å²) in [5, 5.41) is 22.4. The fraction of sp³-hybridized carbons (Fsp3) is 0.176. The number of amidine groups is 2. The van der Waals surface area contributed by atoms with E-state index >= 15 is 0 Å². The van der Waals surface area contributed by atoms with E-state index in [0.717, 1.165) is 5.56 Å². The molecule has 0 bridgehead atoms. The Morgan fingerprint density at radius 1 is 1.21 bits per heavy atom. The molecule has 1 unspecified atom stereocenters. The van der Waals surface area contributed by atoms with E-state index in [1.54, 1.807) is 31.2 Å². The Bertz CT molecular complexity index is 1020. The predicted molar refractivity (Wildman–Crippen MR) is 107 cm³/mol. The van der Waals surface area contributed by atoms with E-state index in [1.807, 2.05) is 12.1 Å². The van der Waals surface area contributed by atoms with Crippen LogP contribution in [0.2, 0.25) is 0 Å². The van der Waals surface area contributed by atoms with Gasteiger partial charge in [0.05, 0.1) is 10.9 Å². The summed E-state index contributed by atoms with van der Waals surface area (Å²) < 4.78 is 23.8. The molecule has 0 amide bonds. The van der Waals surface area contributed by atoms with Gasteiger partial charge in [-0.25, -0.2) is 19.1 Å². The second kappa shape index (κ2) is 8.69. The van der Waals surface area contributed by atoms with Crippen LogP contribution in [0.25, 0.3) is 11.1 Å². The Labute approximate surface area is 162 Å². The minimum absolute atomic E-state index is 0.0578. The van der Waals surface area contributed by atoms with Crippen LogP contribution in [0.4, 0.5) is 0 Å². The van der Waals surface area contributed by atoms with Gasteiger partial charge in [0.2, 0.25) is 10.0 Å². The van der Waals surface area contributed by atoms with Gasteiger partial charge < -0.3 is 16.9 Å². The molecule has 0 aliphatic heterocycles. The molecular formula is C17H22N8O2S. The number of sulfonamides is 1. The summed E-state index contributed by atoms with van der Waals surface area (Å²) in [4.78, 5) is -0.158. The molecular weight excluding hydrogens is 380 g/mol. The second-order valence-corrected chi connectivity index (χ2v) is 7.56. The lowest BCUT2D eigenvalue weighted by Crippen LogP contribution is -2.31. The molecule has 10 nitrogen and oxygen atoms in total. The van der Waals surface area contributed by atoms with Crippen molar-refractivity contribution < 1.29 is 8.42 Å². The normalized spacial score (nSPS) is 13.1. The summed E-state index contributed by atoms with van der Waals surface area (Å²) in [6.45, 7) is 2.21. The van der Waals surface area contributed by atoms with Gasteiger partial charge in [0.1, 0.15) is 0 Å². The van der Waals surface area contributed by atoms with Gasteiger partial charge in [0.15, 0.2) is 11.7 Å². The highest BCUT2D eigenvalue weighted by atomic mass is 32.2. The number of rotatable bonds is 7. The highest BCUT2D eigenvalue weighted by Gasteiger charge is 2.20. The molecule has 0 heterocycles. The highest BCUT2D eigenvalue weighted by molar-refractivity contribution is 7.89. The average Bonchev–Trinajstić information content (AvgIpc) is 2.69. The molecule has 0 spiro atoms. The molecule has 0 aliphatic rings. The van der Waals surface area contributed by atoms with Crippen LogP contribution in [-0.2, 0) is 16.6 Å². The van der Waals surface area contributed by atoms with Crippen molar-refractivity contribution in [3.8, 4) is 11.1 Å². The van der Waals surface area contributed by atoms with Crippen molar-refractivity contribution in [3.05, 3.63) is 53.6 Å². The molecule has 28 heavy (non-hydrogen) atoms. The maximum absolute atomic E-state index is 11.9. The first-order chi connectivity index (χ1) is 13.2. The molecule has 148 valence electrons. The zero-order valence-electron chi connectivity index (χ0n) is 15.2. The molecule has 1 atom stereocenters. The van der Waals surface area contributed by atoms with Gasteiger partial charge in [0, 0.05) is 12.1 Å². The number of hydrogen-bond acceptors (Lipinski definition) is 7. The molecule has 0 saturated carbocycles. The summed E-state index contributed by atoms with van der Waals surface area (Å²) in [6, 6.07) is 11.6. The summed E-state index contributed by atoms with van der Waals surface area (Å²) in [5.41, 5.74) is 15.0. The molecule has 2 aromatic rings. The standard InChI is InChI=1S/C17H22N8O2S/c1-10(16(18)24-20)23-9-11-5-7-12(8-6-11)13-3-2-4-14(28(22,26)27)15(13)17(19)25-21/h2-8,10,18,20,23H,9,21H2,1H3,(H2,19,25)(H2,22,26,27). The lowest BCUT2D eigenvalue weighted by molar-refractivity contribution is 0.597. The molecule has 2 aromatic carbocycles. The monoisotopic (exact) mass is 402 g/mol. The SMILES string of the molecule is CC(NCc1ccc(-c2cccc(S(N)(=O)=O)c2/C(N)=N/N)cc1)C(=N)N=N. The summed E-state index contributed by atoms with van der Waals surface area (Å²) >= 11 is 0. The third-order valence-electron chi connectivity index (χ3n) is 4.14. The van der Waals surface area contributed by atoms with E-state index in [-0.39, 0.29) is 28.2 Å². The fourth-order valence-electron chi connectivity index (χ4n) is 2.60. The zero-order chi connectivity index (χ0) is 20.9. The van der Waals surface area contributed by atoms with Crippen molar-refractivity contribution in [2.24, 2.45) is 26.9 Å². The van der Waals surface area contributed by atoms with Crippen LogP contribution in [0.15, 0.2) is 57.6 Å². The maximum atomic E-state index is 11.9. The van der Waals surface area contributed by atoms with E-state index in [2.05, 4.69) is 15.5 Å². The van der Waals surface area contributed by atoms with Crippen molar-refractivity contribution in [3.63, 3.8) is 0 Å². The van der Waals surface area contributed by atoms with Crippen molar-refractivity contribution in [2.45, 2.75) is 24.4 Å². The largest absolute Gasteiger partial charge is 0.382 e. The Balaban J connectivity index is 2.39. The summed E-state index contributed by atoms with van der Waals surface area (Å²) in [7, 11) is -4.03. The lowest BCUT2D eigenvalue weighted by Gasteiger charge is -2.14. The smallest absolute Gasteiger partial charge is 0.238 e. The first kappa shape index (κ1) is 21.2. The molecule has 0 aliphatic carbocycles. The van der Waals surface area contributed by atoms with E-state index < -0.39 is 10.0 Å². The van der Waals surface area contributed by atoms with Crippen LogP contribution in [0.3, 0.4) is 0 Å². The fourth-order valence-corrected chi connectivity index (χ4v) is 3.37. The average molecular weight is 402 g/mol. The van der Waals surface area contributed by atoms with Crippen molar-refractivity contribution in [1.29, 1.82) is 10.9 Å². The topological polar surface area (TPSA) is 197 Å².